The quantitative estimate of drug-likeness (QED) is 0.445. The summed E-state index contributed by atoms with van der Waals surface area (Å²) in [4.78, 5) is 26.9. The van der Waals surface area contributed by atoms with E-state index >= 15 is 0 Å². The molecule has 1 aromatic carbocycles. The molecule has 5 rings (SSSR count). The molecule has 1 unspecified atom stereocenters. The van der Waals surface area contributed by atoms with Crippen molar-refractivity contribution in [2.24, 2.45) is 11.3 Å². The molecular weight excluding hydrogens is 436 g/mol. The first kappa shape index (κ1) is 23.3. The summed E-state index contributed by atoms with van der Waals surface area (Å²) in [6.07, 6.45) is 8.76. The first-order chi connectivity index (χ1) is 16.7. The second kappa shape index (κ2) is 8.95. The Morgan fingerprint density at radius 3 is 2.63 bits per heavy atom. The van der Waals surface area contributed by atoms with Gasteiger partial charge >= 0.3 is 0 Å². The van der Waals surface area contributed by atoms with E-state index in [1.54, 1.807) is 10.6 Å². The Bertz CT molecular complexity index is 1370. The van der Waals surface area contributed by atoms with Gasteiger partial charge in [0.1, 0.15) is 11.5 Å². The lowest BCUT2D eigenvalue weighted by molar-refractivity contribution is 0.0944. The SMILES string of the molecule is CCc1nc2ncc(C)cn2c1C(=O)NCc1ccc(-c2cn3c(n2)CC(C(C)(C)C)CC3)cc1. The van der Waals surface area contributed by atoms with Gasteiger partial charge in [-0.25, -0.2) is 15.0 Å². The second-order valence-corrected chi connectivity index (χ2v) is 10.7. The Morgan fingerprint density at radius 2 is 1.91 bits per heavy atom. The van der Waals surface area contributed by atoms with Crippen molar-refractivity contribution in [2.75, 3.05) is 0 Å². The van der Waals surface area contributed by atoms with E-state index in [0.29, 0.717) is 35.8 Å². The molecule has 0 bridgehead atoms. The van der Waals surface area contributed by atoms with Gasteiger partial charge in [0.15, 0.2) is 0 Å². The van der Waals surface area contributed by atoms with E-state index in [4.69, 9.17) is 4.98 Å². The van der Waals surface area contributed by atoms with Gasteiger partial charge in [-0.3, -0.25) is 9.20 Å². The predicted molar refractivity (Wildman–Crippen MR) is 137 cm³/mol. The van der Waals surface area contributed by atoms with Gasteiger partial charge in [-0.1, -0.05) is 52.0 Å². The zero-order valence-corrected chi connectivity index (χ0v) is 21.3. The van der Waals surface area contributed by atoms with Crippen molar-refractivity contribution in [3.8, 4) is 11.3 Å². The van der Waals surface area contributed by atoms with Crippen molar-refractivity contribution in [1.82, 2.24) is 29.2 Å². The minimum atomic E-state index is -0.138. The van der Waals surface area contributed by atoms with Gasteiger partial charge in [0.2, 0.25) is 5.78 Å². The highest BCUT2D eigenvalue weighted by molar-refractivity contribution is 5.94. The van der Waals surface area contributed by atoms with Crippen LogP contribution < -0.4 is 5.32 Å². The maximum Gasteiger partial charge on any atom is 0.270 e. The molecule has 0 spiro atoms. The normalized spacial score (nSPS) is 15.9. The molecule has 35 heavy (non-hydrogen) atoms. The van der Waals surface area contributed by atoms with Crippen LogP contribution in [-0.4, -0.2) is 29.8 Å². The van der Waals surface area contributed by atoms with E-state index < -0.39 is 0 Å². The van der Waals surface area contributed by atoms with Crippen LogP contribution in [-0.2, 0) is 25.9 Å². The monoisotopic (exact) mass is 470 g/mol. The number of amides is 1. The molecule has 7 heteroatoms. The van der Waals surface area contributed by atoms with Crippen molar-refractivity contribution in [2.45, 2.75) is 67.0 Å². The number of hydrogen-bond acceptors (Lipinski definition) is 4. The van der Waals surface area contributed by atoms with Gasteiger partial charge in [-0.15, -0.1) is 0 Å². The van der Waals surface area contributed by atoms with Gasteiger partial charge in [0.05, 0.1) is 11.4 Å². The number of carbonyl (C=O) groups is 1. The average molecular weight is 471 g/mol. The van der Waals surface area contributed by atoms with Crippen LogP contribution >= 0.6 is 0 Å². The molecule has 0 fully saturated rings. The van der Waals surface area contributed by atoms with E-state index in [1.165, 1.54) is 12.2 Å². The number of hydrogen-bond donors (Lipinski definition) is 1. The van der Waals surface area contributed by atoms with Crippen LogP contribution in [0.4, 0.5) is 0 Å². The summed E-state index contributed by atoms with van der Waals surface area (Å²) in [5.74, 6) is 2.27. The number of imidazole rings is 2. The van der Waals surface area contributed by atoms with Gasteiger partial charge in [-0.2, -0.15) is 0 Å². The molecule has 0 aliphatic carbocycles. The lowest BCUT2D eigenvalue weighted by atomic mass is 9.75. The van der Waals surface area contributed by atoms with Gasteiger partial charge in [-0.05, 0) is 42.2 Å². The highest BCUT2D eigenvalue weighted by Crippen LogP contribution is 2.35. The topological polar surface area (TPSA) is 77.1 Å². The number of fused-ring (bicyclic) bond motifs is 2. The minimum Gasteiger partial charge on any atom is -0.347 e. The average Bonchev–Trinajstić information content (AvgIpc) is 3.42. The third-order valence-corrected chi connectivity index (χ3v) is 7.17. The van der Waals surface area contributed by atoms with E-state index in [9.17, 15) is 4.79 Å². The Balaban J connectivity index is 1.28. The molecule has 1 amide bonds. The Hall–Kier alpha value is -3.48. The van der Waals surface area contributed by atoms with E-state index in [2.05, 4.69) is 71.1 Å². The van der Waals surface area contributed by atoms with Crippen LogP contribution in [0.1, 0.15) is 67.2 Å². The fourth-order valence-electron chi connectivity index (χ4n) is 4.93. The third-order valence-electron chi connectivity index (χ3n) is 7.17. The van der Waals surface area contributed by atoms with Crippen molar-refractivity contribution >= 4 is 11.7 Å². The van der Waals surface area contributed by atoms with Gasteiger partial charge in [0, 0.05) is 43.7 Å². The number of aryl methyl sites for hydroxylation is 3. The summed E-state index contributed by atoms with van der Waals surface area (Å²) in [5.41, 5.74) is 5.77. The summed E-state index contributed by atoms with van der Waals surface area (Å²) >= 11 is 0. The summed E-state index contributed by atoms with van der Waals surface area (Å²) in [5, 5.41) is 3.06. The lowest BCUT2D eigenvalue weighted by Gasteiger charge is -2.34. The molecule has 4 aromatic rings. The van der Waals surface area contributed by atoms with E-state index in [0.717, 1.165) is 41.0 Å². The summed E-state index contributed by atoms with van der Waals surface area (Å²) in [7, 11) is 0. The molecule has 182 valence electrons. The van der Waals surface area contributed by atoms with Crippen LogP contribution in [0.5, 0.6) is 0 Å². The maximum atomic E-state index is 13.1. The zero-order valence-electron chi connectivity index (χ0n) is 21.3. The van der Waals surface area contributed by atoms with Crippen LogP contribution in [0, 0.1) is 18.3 Å². The van der Waals surface area contributed by atoms with Crippen LogP contribution in [0.2, 0.25) is 0 Å². The van der Waals surface area contributed by atoms with Crippen molar-refractivity contribution in [3.05, 3.63) is 71.2 Å². The molecule has 0 radical (unpaired) electrons. The van der Waals surface area contributed by atoms with Gasteiger partial charge < -0.3 is 9.88 Å². The van der Waals surface area contributed by atoms with Gasteiger partial charge in [0.25, 0.3) is 5.91 Å². The molecule has 1 N–H and O–H groups in total. The zero-order chi connectivity index (χ0) is 24.7. The van der Waals surface area contributed by atoms with Crippen LogP contribution in [0.3, 0.4) is 0 Å². The predicted octanol–water partition coefficient (Wildman–Crippen LogP) is 5.00. The van der Waals surface area contributed by atoms with E-state index in [1.807, 2.05) is 20.0 Å². The maximum absolute atomic E-state index is 13.1. The molecule has 1 atom stereocenters. The highest BCUT2D eigenvalue weighted by Gasteiger charge is 2.30. The summed E-state index contributed by atoms with van der Waals surface area (Å²) in [6, 6.07) is 8.31. The van der Waals surface area contributed by atoms with Crippen LogP contribution in [0.15, 0.2) is 42.9 Å². The second-order valence-electron chi connectivity index (χ2n) is 10.7. The number of aromatic nitrogens is 5. The molecule has 7 nitrogen and oxygen atoms in total. The van der Waals surface area contributed by atoms with Crippen molar-refractivity contribution in [3.63, 3.8) is 0 Å². The molecule has 0 saturated heterocycles. The van der Waals surface area contributed by atoms with E-state index in [-0.39, 0.29) is 5.91 Å². The molecule has 0 saturated carbocycles. The number of benzene rings is 1. The number of nitrogens with one attached hydrogen (secondary N) is 1. The number of carbonyl (C=O) groups excluding carboxylic acids is 1. The number of rotatable bonds is 5. The first-order valence-electron chi connectivity index (χ1n) is 12.5. The lowest BCUT2D eigenvalue weighted by Crippen LogP contribution is -2.29. The largest absolute Gasteiger partial charge is 0.347 e. The highest BCUT2D eigenvalue weighted by atomic mass is 16.1. The fourth-order valence-corrected chi connectivity index (χ4v) is 4.93. The van der Waals surface area contributed by atoms with Crippen molar-refractivity contribution < 1.29 is 4.79 Å². The first-order valence-corrected chi connectivity index (χ1v) is 12.5. The summed E-state index contributed by atoms with van der Waals surface area (Å²) in [6.45, 7) is 12.4. The Labute approximate surface area is 206 Å². The molecular formula is C28H34N6O. The summed E-state index contributed by atoms with van der Waals surface area (Å²) < 4.78 is 4.10. The Morgan fingerprint density at radius 1 is 1.14 bits per heavy atom. The molecule has 4 heterocycles. The minimum absolute atomic E-state index is 0.138. The van der Waals surface area contributed by atoms with Crippen molar-refractivity contribution in [1.29, 1.82) is 0 Å². The molecule has 3 aromatic heterocycles. The standard InChI is InChI=1S/C28H34N6O/c1-6-22-25(34-16-18(2)14-30-27(34)32-22)26(35)29-15-19-7-9-20(10-8-19)23-17-33-12-11-21(28(3,4)5)13-24(33)31-23/h7-10,14,16-17,21H,6,11-13,15H2,1-5H3,(H,29,35). The molecule has 1 aliphatic heterocycles. The van der Waals surface area contributed by atoms with Crippen LogP contribution in [0.25, 0.3) is 17.0 Å². The fraction of sp³-hybridized carbons (Fsp3) is 0.429. The third kappa shape index (κ3) is 4.59. The smallest absolute Gasteiger partial charge is 0.270 e. The molecule has 1 aliphatic rings. The Kier molecular flexibility index (Phi) is 5.95. The number of nitrogens with zero attached hydrogens (tertiary/aromatic N) is 5.